The average Bonchev–Trinajstić information content (AvgIpc) is 2.36. The first-order chi connectivity index (χ1) is 9.06. The molecule has 2 unspecified atom stereocenters. The third-order valence-corrected chi connectivity index (χ3v) is 3.04. The first-order valence-electron chi connectivity index (χ1n) is 6.47. The van der Waals surface area contributed by atoms with Gasteiger partial charge in [0.05, 0.1) is 17.9 Å². The number of carbonyl (C=O) groups excluding carboxylic acids is 1. The zero-order chi connectivity index (χ0) is 13.8. The largest absolute Gasteiger partial charge is 0.482 e. The molecule has 1 aromatic rings. The molecule has 1 aliphatic heterocycles. The van der Waals surface area contributed by atoms with E-state index >= 15 is 0 Å². The van der Waals surface area contributed by atoms with Crippen LogP contribution in [-0.2, 0) is 9.53 Å². The van der Waals surface area contributed by atoms with Gasteiger partial charge in [0.15, 0.2) is 6.61 Å². The standard InChI is InChI=1S/C14H20N2O3/c1-10-7-16(8-11(2)19-10)14(17)9-18-13-6-4-3-5-12(13)15/h3-6,10-11H,7-9,15H2,1-2H3. The van der Waals surface area contributed by atoms with Gasteiger partial charge in [0.2, 0.25) is 0 Å². The fourth-order valence-corrected chi connectivity index (χ4v) is 2.22. The molecule has 2 rings (SSSR count). The summed E-state index contributed by atoms with van der Waals surface area (Å²) in [4.78, 5) is 13.9. The van der Waals surface area contributed by atoms with Gasteiger partial charge in [-0.05, 0) is 26.0 Å². The van der Waals surface area contributed by atoms with Crippen molar-refractivity contribution in [2.45, 2.75) is 26.1 Å². The van der Waals surface area contributed by atoms with Crippen molar-refractivity contribution in [2.75, 3.05) is 25.4 Å². The van der Waals surface area contributed by atoms with E-state index in [0.717, 1.165) is 0 Å². The van der Waals surface area contributed by atoms with Crippen molar-refractivity contribution in [1.82, 2.24) is 4.90 Å². The number of amides is 1. The number of para-hydroxylation sites is 2. The van der Waals surface area contributed by atoms with Gasteiger partial charge in [-0.3, -0.25) is 4.79 Å². The van der Waals surface area contributed by atoms with Crippen molar-refractivity contribution in [3.8, 4) is 5.75 Å². The topological polar surface area (TPSA) is 64.8 Å². The Morgan fingerprint density at radius 3 is 2.63 bits per heavy atom. The number of carbonyl (C=O) groups is 1. The second kappa shape index (κ2) is 5.93. The molecule has 1 fully saturated rings. The zero-order valence-corrected chi connectivity index (χ0v) is 11.3. The molecule has 19 heavy (non-hydrogen) atoms. The maximum Gasteiger partial charge on any atom is 0.260 e. The highest BCUT2D eigenvalue weighted by atomic mass is 16.5. The van der Waals surface area contributed by atoms with Crippen molar-refractivity contribution in [2.24, 2.45) is 0 Å². The molecule has 0 aliphatic carbocycles. The van der Waals surface area contributed by atoms with E-state index in [2.05, 4.69) is 0 Å². The molecule has 0 spiro atoms. The summed E-state index contributed by atoms with van der Waals surface area (Å²) in [6.07, 6.45) is 0.129. The van der Waals surface area contributed by atoms with E-state index < -0.39 is 0 Å². The molecule has 0 radical (unpaired) electrons. The predicted molar refractivity (Wildman–Crippen MR) is 72.9 cm³/mol. The van der Waals surface area contributed by atoms with Gasteiger partial charge >= 0.3 is 0 Å². The number of rotatable bonds is 3. The highest BCUT2D eigenvalue weighted by Crippen LogP contribution is 2.20. The van der Waals surface area contributed by atoms with Crippen molar-refractivity contribution < 1.29 is 14.3 Å². The summed E-state index contributed by atoms with van der Waals surface area (Å²) in [6.45, 7) is 5.15. The highest BCUT2D eigenvalue weighted by Gasteiger charge is 2.25. The molecule has 5 heteroatoms. The van der Waals surface area contributed by atoms with Crippen molar-refractivity contribution in [3.05, 3.63) is 24.3 Å². The molecule has 104 valence electrons. The van der Waals surface area contributed by atoms with Gasteiger partial charge in [0.1, 0.15) is 5.75 Å². The third kappa shape index (κ3) is 3.61. The third-order valence-electron chi connectivity index (χ3n) is 3.04. The van der Waals surface area contributed by atoms with Crippen LogP contribution in [0.1, 0.15) is 13.8 Å². The number of benzene rings is 1. The summed E-state index contributed by atoms with van der Waals surface area (Å²) in [5.41, 5.74) is 6.30. The number of anilines is 1. The molecule has 1 saturated heterocycles. The summed E-state index contributed by atoms with van der Waals surface area (Å²) in [6, 6.07) is 7.16. The number of hydrogen-bond donors (Lipinski definition) is 1. The fourth-order valence-electron chi connectivity index (χ4n) is 2.22. The van der Waals surface area contributed by atoms with Crippen LogP contribution >= 0.6 is 0 Å². The molecule has 1 aromatic carbocycles. The summed E-state index contributed by atoms with van der Waals surface area (Å²) >= 11 is 0. The Morgan fingerprint density at radius 1 is 1.37 bits per heavy atom. The summed E-state index contributed by atoms with van der Waals surface area (Å²) in [5.74, 6) is 0.510. The van der Waals surface area contributed by atoms with Crippen LogP contribution in [0.4, 0.5) is 5.69 Å². The molecule has 0 bridgehead atoms. The lowest BCUT2D eigenvalue weighted by atomic mass is 10.2. The van der Waals surface area contributed by atoms with E-state index in [1.165, 1.54) is 0 Å². The van der Waals surface area contributed by atoms with Gasteiger partial charge < -0.3 is 20.1 Å². The first-order valence-corrected chi connectivity index (χ1v) is 6.47. The number of nitrogens with two attached hydrogens (primary N) is 1. The Hall–Kier alpha value is -1.75. The molecular formula is C14H20N2O3. The van der Waals surface area contributed by atoms with Gasteiger partial charge in [0.25, 0.3) is 5.91 Å². The van der Waals surface area contributed by atoms with Gasteiger partial charge in [0, 0.05) is 13.1 Å². The number of nitrogen functional groups attached to an aromatic ring is 1. The predicted octanol–water partition coefficient (Wildman–Crippen LogP) is 1.28. The zero-order valence-electron chi connectivity index (χ0n) is 11.3. The molecule has 0 aromatic heterocycles. The minimum atomic E-state index is -0.0368. The normalized spacial score (nSPS) is 23.2. The molecule has 0 saturated carbocycles. The monoisotopic (exact) mass is 264 g/mol. The summed E-state index contributed by atoms with van der Waals surface area (Å²) < 4.78 is 11.1. The molecule has 5 nitrogen and oxygen atoms in total. The number of hydrogen-bond acceptors (Lipinski definition) is 4. The van der Waals surface area contributed by atoms with Gasteiger partial charge in [-0.2, -0.15) is 0 Å². The second-order valence-corrected chi connectivity index (χ2v) is 4.88. The van der Waals surface area contributed by atoms with E-state index in [9.17, 15) is 4.79 Å². The number of morpholine rings is 1. The van der Waals surface area contributed by atoms with Gasteiger partial charge in [-0.15, -0.1) is 0 Å². The molecule has 2 N–H and O–H groups in total. The van der Waals surface area contributed by atoms with Crippen LogP contribution < -0.4 is 10.5 Å². The highest BCUT2D eigenvalue weighted by molar-refractivity contribution is 5.78. The fraction of sp³-hybridized carbons (Fsp3) is 0.500. The average molecular weight is 264 g/mol. The van der Waals surface area contributed by atoms with Crippen LogP contribution in [0.25, 0.3) is 0 Å². The maximum absolute atomic E-state index is 12.1. The van der Waals surface area contributed by atoms with Crippen LogP contribution in [0.3, 0.4) is 0 Å². The Labute approximate surface area is 113 Å². The first kappa shape index (κ1) is 13.7. The molecule has 1 heterocycles. The minimum Gasteiger partial charge on any atom is -0.482 e. The quantitative estimate of drug-likeness (QED) is 0.835. The van der Waals surface area contributed by atoms with Crippen molar-refractivity contribution in [1.29, 1.82) is 0 Å². The van der Waals surface area contributed by atoms with E-state index in [0.29, 0.717) is 24.5 Å². The molecule has 2 atom stereocenters. The van der Waals surface area contributed by atoms with Crippen LogP contribution in [0.15, 0.2) is 24.3 Å². The lowest BCUT2D eigenvalue weighted by Crippen LogP contribution is -2.49. The van der Waals surface area contributed by atoms with E-state index in [4.69, 9.17) is 15.2 Å². The van der Waals surface area contributed by atoms with Gasteiger partial charge in [-0.1, -0.05) is 12.1 Å². The smallest absolute Gasteiger partial charge is 0.260 e. The molecular weight excluding hydrogens is 244 g/mol. The maximum atomic E-state index is 12.1. The van der Waals surface area contributed by atoms with Crippen molar-refractivity contribution >= 4 is 11.6 Å². The number of nitrogens with zero attached hydrogens (tertiary/aromatic N) is 1. The van der Waals surface area contributed by atoms with Crippen LogP contribution in [0.2, 0.25) is 0 Å². The van der Waals surface area contributed by atoms with Gasteiger partial charge in [-0.25, -0.2) is 0 Å². The Bertz CT molecular complexity index is 440. The molecule has 1 aliphatic rings. The summed E-state index contributed by atoms with van der Waals surface area (Å²) in [5, 5.41) is 0. The lowest BCUT2D eigenvalue weighted by Gasteiger charge is -2.35. The Kier molecular flexibility index (Phi) is 4.27. The van der Waals surface area contributed by atoms with E-state index in [1.54, 1.807) is 17.0 Å². The SMILES string of the molecule is CC1CN(C(=O)COc2ccccc2N)CC(C)O1. The van der Waals surface area contributed by atoms with Crippen molar-refractivity contribution in [3.63, 3.8) is 0 Å². The van der Waals surface area contributed by atoms with Crippen LogP contribution in [0, 0.1) is 0 Å². The Morgan fingerprint density at radius 2 is 2.00 bits per heavy atom. The Balaban J connectivity index is 1.89. The van der Waals surface area contributed by atoms with Crippen LogP contribution in [0.5, 0.6) is 5.75 Å². The minimum absolute atomic E-state index is 0.00759. The second-order valence-electron chi connectivity index (χ2n) is 4.88. The number of ether oxygens (including phenoxy) is 2. The molecule has 1 amide bonds. The summed E-state index contributed by atoms with van der Waals surface area (Å²) in [7, 11) is 0. The lowest BCUT2D eigenvalue weighted by molar-refractivity contribution is -0.145. The van der Waals surface area contributed by atoms with Crippen LogP contribution in [-0.4, -0.2) is 42.7 Å². The van der Waals surface area contributed by atoms with E-state index in [-0.39, 0.29) is 24.7 Å². The van der Waals surface area contributed by atoms with E-state index in [1.807, 2.05) is 26.0 Å².